The van der Waals surface area contributed by atoms with E-state index in [1.54, 1.807) is 0 Å². The lowest BCUT2D eigenvalue weighted by atomic mass is 10.2. The average molecular weight is 325 g/mol. The third kappa shape index (κ3) is 4.51. The molecular formula is C20H17ClO2. The second-order valence-electron chi connectivity index (χ2n) is 5.31. The summed E-state index contributed by atoms with van der Waals surface area (Å²) in [6.45, 7) is 2.54. The average Bonchev–Trinajstić information content (AvgIpc) is 2.57. The van der Waals surface area contributed by atoms with Crippen molar-refractivity contribution in [3.8, 4) is 17.2 Å². The first-order valence-corrected chi connectivity index (χ1v) is 7.79. The first-order chi connectivity index (χ1) is 11.2. The standard InChI is InChI=1S/C20H17ClO2/c1-15-5-11-18(12-6-15)23-20-4-2-3-19(13-20)22-14-16-7-9-17(21)10-8-16/h2-13H,14H2,1H3. The van der Waals surface area contributed by atoms with Crippen molar-refractivity contribution in [2.45, 2.75) is 13.5 Å². The molecule has 3 heteroatoms. The minimum atomic E-state index is 0.491. The molecular weight excluding hydrogens is 308 g/mol. The monoisotopic (exact) mass is 324 g/mol. The number of hydrogen-bond donors (Lipinski definition) is 0. The topological polar surface area (TPSA) is 18.5 Å². The molecule has 0 N–H and O–H groups in total. The Labute approximate surface area is 141 Å². The fourth-order valence-electron chi connectivity index (χ4n) is 2.12. The van der Waals surface area contributed by atoms with Crippen LogP contribution in [0.2, 0.25) is 5.02 Å². The van der Waals surface area contributed by atoms with Gasteiger partial charge in [0.05, 0.1) is 0 Å². The van der Waals surface area contributed by atoms with Gasteiger partial charge in [-0.1, -0.05) is 47.5 Å². The summed E-state index contributed by atoms with van der Waals surface area (Å²) in [4.78, 5) is 0. The van der Waals surface area contributed by atoms with E-state index < -0.39 is 0 Å². The fraction of sp³-hybridized carbons (Fsp3) is 0.100. The van der Waals surface area contributed by atoms with Crippen LogP contribution in [0.3, 0.4) is 0 Å². The molecule has 0 aliphatic heterocycles. The zero-order valence-corrected chi connectivity index (χ0v) is 13.6. The quantitative estimate of drug-likeness (QED) is 0.571. The SMILES string of the molecule is Cc1ccc(Oc2cccc(OCc3ccc(Cl)cc3)c2)cc1. The summed E-state index contributed by atoms with van der Waals surface area (Å²) in [5, 5.41) is 0.724. The summed E-state index contributed by atoms with van der Waals surface area (Å²) in [5.41, 5.74) is 2.27. The maximum absolute atomic E-state index is 5.88. The predicted molar refractivity (Wildman–Crippen MR) is 93.5 cm³/mol. The van der Waals surface area contributed by atoms with Crippen LogP contribution in [-0.2, 0) is 6.61 Å². The fourth-order valence-corrected chi connectivity index (χ4v) is 2.24. The zero-order valence-electron chi connectivity index (χ0n) is 12.8. The Kier molecular flexibility index (Phi) is 4.84. The molecule has 0 bridgehead atoms. The number of ether oxygens (including phenoxy) is 2. The van der Waals surface area contributed by atoms with Gasteiger partial charge < -0.3 is 9.47 Å². The van der Waals surface area contributed by atoms with Crippen LogP contribution in [0.15, 0.2) is 72.8 Å². The predicted octanol–water partition coefficient (Wildman–Crippen LogP) is 6.02. The normalized spacial score (nSPS) is 10.3. The van der Waals surface area contributed by atoms with E-state index in [2.05, 4.69) is 6.92 Å². The van der Waals surface area contributed by atoms with E-state index in [0.29, 0.717) is 6.61 Å². The number of rotatable bonds is 5. The van der Waals surface area contributed by atoms with Crippen molar-refractivity contribution < 1.29 is 9.47 Å². The lowest BCUT2D eigenvalue weighted by Gasteiger charge is -2.10. The minimum absolute atomic E-state index is 0.491. The Morgan fingerprint density at radius 2 is 1.48 bits per heavy atom. The van der Waals surface area contributed by atoms with Gasteiger partial charge in [0.2, 0.25) is 0 Å². The van der Waals surface area contributed by atoms with Crippen LogP contribution in [0.4, 0.5) is 0 Å². The highest BCUT2D eigenvalue weighted by Gasteiger charge is 2.01. The molecule has 23 heavy (non-hydrogen) atoms. The van der Waals surface area contributed by atoms with E-state index in [0.717, 1.165) is 27.8 Å². The molecule has 0 aliphatic carbocycles. The van der Waals surface area contributed by atoms with Crippen LogP contribution in [0.1, 0.15) is 11.1 Å². The van der Waals surface area contributed by atoms with Gasteiger partial charge in [-0.25, -0.2) is 0 Å². The van der Waals surface area contributed by atoms with Crippen molar-refractivity contribution in [1.82, 2.24) is 0 Å². The van der Waals surface area contributed by atoms with Crippen molar-refractivity contribution >= 4 is 11.6 Å². The Morgan fingerprint density at radius 3 is 2.22 bits per heavy atom. The van der Waals surface area contributed by atoms with Crippen LogP contribution in [0.25, 0.3) is 0 Å². The summed E-state index contributed by atoms with van der Waals surface area (Å²) in [7, 11) is 0. The molecule has 0 aliphatic rings. The van der Waals surface area contributed by atoms with Gasteiger partial charge in [0, 0.05) is 11.1 Å². The maximum Gasteiger partial charge on any atom is 0.131 e. The van der Waals surface area contributed by atoms with Gasteiger partial charge >= 0.3 is 0 Å². The second kappa shape index (κ2) is 7.21. The Balaban J connectivity index is 1.65. The molecule has 0 amide bonds. The first-order valence-electron chi connectivity index (χ1n) is 7.41. The minimum Gasteiger partial charge on any atom is -0.489 e. The van der Waals surface area contributed by atoms with E-state index >= 15 is 0 Å². The molecule has 0 heterocycles. The van der Waals surface area contributed by atoms with Crippen molar-refractivity contribution in [1.29, 1.82) is 0 Å². The van der Waals surface area contributed by atoms with Crippen molar-refractivity contribution in [3.05, 3.63) is 88.9 Å². The summed E-state index contributed by atoms with van der Waals surface area (Å²) < 4.78 is 11.7. The van der Waals surface area contributed by atoms with Crippen LogP contribution in [0.5, 0.6) is 17.2 Å². The number of hydrogen-bond acceptors (Lipinski definition) is 2. The third-order valence-electron chi connectivity index (χ3n) is 3.38. The number of benzene rings is 3. The molecule has 0 atom stereocenters. The molecule has 3 rings (SSSR count). The van der Waals surface area contributed by atoms with Crippen molar-refractivity contribution in [3.63, 3.8) is 0 Å². The third-order valence-corrected chi connectivity index (χ3v) is 3.63. The largest absolute Gasteiger partial charge is 0.489 e. The molecule has 0 spiro atoms. The van der Waals surface area contributed by atoms with Gasteiger partial charge in [0.15, 0.2) is 0 Å². The van der Waals surface area contributed by atoms with Crippen LogP contribution >= 0.6 is 11.6 Å². The highest BCUT2D eigenvalue weighted by Crippen LogP contribution is 2.26. The lowest BCUT2D eigenvalue weighted by molar-refractivity contribution is 0.304. The maximum atomic E-state index is 5.88. The van der Waals surface area contributed by atoms with E-state index in [1.807, 2.05) is 72.8 Å². The summed E-state index contributed by atoms with van der Waals surface area (Å²) in [6.07, 6.45) is 0. The van der Waals surface area contributed by atoms with Gasteiger partial charge in [-0.3, -0.25) is 0 Å². The van der Waals surface area contributed by atoms with E-state index in [-0.39, 0.29) is 0 Å². The Hall–Kier alpha value is -2.45. The van der Waals surface area contributed by atoms with Gasteiger partial charge in [-0.05, 0) is 48.9 Å². The van der Waals surface area contributed by atoms with Crippen molar-refractivity contribution in [2.24, 2.45) is 0 Å². The molecule has 0 unspecified atom stereocenters. The molecule has 116 valence electrons. The molecule has 0 aromatic heterocycles. The molecule has 0 saturated heterocycles. The molecule has 0 saturated carbocycles. The Bertz CT molecular complexity index is 764. The highest BCUT2D eigenvalue weighted by atomic mass is 35.5. The van der Waals surface area contributed by atoms with Crippen LogP contribution in [-0.4, -0.2) is 0 Å². The first kappa shape index (κ1) is 15.4. The lowest BCUT2D eigenvalue weighted by Crippen LogP contribution is -1.95. The van der Waals surface area contributed by atoms with Gasteiger partial charge in [0.25, 0.3) is 0 Å². The van der Waals surface area contributed by atoms with E-state index in [9.17, 15) is 0 Å². The summed E-state index contributed by atoms with van der Waals surface area (Å²) in [6, 6.07) is 23.2. The van der Waals surface area contributed by atoms with E-state index in [1.165, 1.54) is 5.56 Å². The van der Waals surface area contributed by atoms with Crippen molar-refractivity contribution in [2.75, 3.05) is 0 Å². The smallest absolute Gasteiger partial charge is 0.131 e. The van der Waals surface area contributed by atoms with Crippen LogP contribution < -0.4 is 9.47 Å². The summed E-state index contributed by atoms with van der Waals surface area (Å²) >= 11 is 5.88. The number of halogens is 1. The Morgan fingerprint density at radius 1 is 0.783 bits per heavy atom. The van der Waals surface area contributed by atoms with Gasteiger partial charge in [0.1, 0.15) is 23.9 Å². The molecule has 3 aromatic rings. The summed E-state index contributed by atoms with van der Waals surface area (Å²) in [5.74, 6) is 2.33. The van der Waals surface area contributed by atoms with Crippen LogP contribution in [0, 0.1) is 6.92 Å². The number of aryl methyl sites for hydroxylation is 1. The van der Waals surface area contributed by atoms with Gasteiger partial charge in [-0.2, -0.15) is 0 Å². The van der Waals surface area contributed by atoms with Gasteiger partial charge in [-0.15, -0.1) is 0 Å². The molecule has 0 fully saturated rings. The molecule has 3 aromatic carbocycles. The van der Waals surface area contributed by atoms with E-state index in [4.69, 9.17) is 21.1 Å². The second-order valence-corrected chi connectivity index (χ2v) is 5.74. The molecule has 0 radical (unpaired) electrons. The zero-order chi connectivity index (χ0) is 16.1. The highest BCUT2D eigenvalue weighted by molar-refractivity contribution is 6.30. The molecule has 2 nitrogen and oxygen atoms in total.